The van der Waals surface area contributed by atoms with E-state index in [-0.39, 0.29) is 30.6 Å². The highest BCUT2D eigenvalue weighted by Gasteiger charge is 2.34. The quantitative estimate of drug-likeness (QED) is 0.430. The number of carboxylic acids is 1. The van der Waals surface area contributed by atoms with Gasteiger partial charge in [-0.15, -0.1) is 0 Å². The summed E-state index contributed by atoms with van der Waals surface area (Å²) in [4.78, 5) is 49.4. The number of rotatable bonds is 10. The lowest BCUT2D eigenvalue weighted by Gasteiger charge is -2.18. The summed E-state index contributed by atoms with van der Waals surface area (Å²) in [5.74, 6) is -1.82. The van der Waals surface area contributed by atoms with Gasteiger partial charge in [-0.2, -0.15) is 0 Å². The number of nitrogens with zero attached hydrogens (tertiary/aromatic N) is 1. The Hall–Kier alpha value is -3.19. The van der Waals surface area contributed by atoms with E-state index in [0.29, 0.717) is 47.5 Å². The average molecular weight is 443 g/mol. The molecule has 0 aromatic heterocycles. The van der Waals surface area contributed by atoms with Crippen LogP contribution in [-0.4, -0.2) is 40.2 Å². The molecule has 0 bridgehead atoms. The van der Waals surface area contributed by atoms with Gasteiger partial charge in [-0.3, -0.25) is 24.1 Å². The van der Waals surface area contributed by atoms with Gasteiger partial charge < -0.3 is 10.4 Å². The van der Waals surface area contributed by atoms with E-state index in [4.69, 9.17) is 16.7 Å². The maximum atomic E-state index is 12.3. The van der Waals surface area contributed by atoms with E-state index in [1.165, 1.54) is 4.90 Å². The van der Waals surface area contributed by atoms with Gasteiger partial charge >= 0.3 is 5.97 Å². The first-order chi connectivity index (χ1) is 14.9. The molecular formula is C23H23ClN2O5. The average Bonchev–Trinajstić information content (AvgIpc) is 2.98. The second kappa shape index (κ2) is 10.2. The largest absolute Gasteiger partial charge is 0.481 e. The van der Waals surface area contributed by atoms with Crippen molar-refractivity contribution < 1.29 is 24.3 Å². The predicted molar refractivity (Wildman–Crippen MR) is 115 cm³/mol. The smallest absolute Gasteiger partial charge is 0.305 e. The number of carbonyl (C=O) groups is 4. The molecule has 2 aromatic carbocycles. The van der Waals surface area contributed by atoms with Crippen LogP contribution in [0.5, 0.6) is 0 Å². The van der Waals surface area contributed by atoms with E-state index in [1.54, 1.807) is 48.5 Å². The van der Waals surface area contributed by atoms with Crippen LogP contribution in [0, 0.1) is 0 Å². The minimum absolute atomic E-state index is 0.228. The van der Waals surface area contributed by atoms with Crippen molar-refractivity contribution in [1.82, 2.24) is 10.2 Å². The van der Waals surface area contributed by atoms with Gasteiger partial charge in [0.25, 0.3) is 11.8 Å². The van der Waals surface area contributed by atoms with Gasteiger partial charge in [0.05, 0.1) is 23.6 Å². The molecule has 8 heteroatoms. The number of carboxylic acid groups (broad SMARTS) is 1. The summed E-state index contributed by atoms with van der Waals surface area (Å²) in [5, 5.41) is 12.4. The van der Waals surface area contributed by atoms with Crippen molar-refractivity contribution in [2.24, 2.45) is 0 Å². The van der Waals surface area contributed by atoms with Crippen LogP contribution < -0.4 is 5.32 Å². The summed E-state index contributed by atoms with van der Waals surface area (Å²) < 4.78 is 0. The fraction of sp³-hybridized carbons (Fsp3) is 0.304. The molecule has 3 amide bonds. The fourth-order valence-electron chi connectivity index (χ4n) is 3.56. The lowest BCUT2D eigenvalue weighted by Crippen LogP contribution is -2.31. The number of carbonyl (C=O) groups excluding carboxylic acids is 3. The zero-order valence-corrected chi connectivity index (χ0v) is 17.6. The van der Waals surface area contributed by atoms with Gasteiger partial charge in [0, 0.05) is 18.0 Å². The van der Waals surface area contributed by atoms with Crippen LogP contribution in [-0.2, 0) is 9.59 Å². The van der Waals surface area contributed by atoms with Crippen LogP contribution in [0.3, 0.4) is 0 Å². The van der Waals surface area contributed by atoms with Crippen molar-refractivity contribution in [3.05, 3.63) is 70.2 Å². The maximum Gasteiger partial charge on any atom is 0.305 e. The molecule has 1 aliphatic rings. The number of imide groups is 1. The molecule has 3 rings (SSSR count). The van der Waals surface area contributed by atoms with Crippen molar-refractivity contribution in [1.29, 1.82) is 0 Å². The zero-order chi connectivity index (χ0) is 22.4. The Morgan fingerprint density at radius 2 is 1.55 bits per heavy atom. The van der Waals surface area contributed by atoms with E-state index in [9.17, 15) is 19.2 Å². The highest BCUT2D eigenvalue weighted by molar-refractivity contribution is 6.30. The standard InChI is InChI=1S/C23H23ClN2O5/c24-16-11-9-15(10-12-16)19(14-21(28)29)25-20(27)8-2-1-5-13-26-22(30)17-6-3-4-7-18(17)23(26)31/h3-4,6-7,9-12,19H,1-2,5,8,13-14H2,(H,25,27)(H,28,29)/t19-/m1/s1. The second-order valence-corrected chi connectivity index (χ2v) is 7.82. The van der Waals surface area contributed by atoms with E-state index >= 15 is 0 Å². The topological polar surface area (TPSA) is 104 Å². The van der Waals surface area contributed by atoms with Crippen LogP contribution in [0.15, 0.2) is 48.5 Å². The molecular weight excluding hydrogens is 420 g/mol. The van der Waals surface area contributed by atoms with Crippen molar-refractivity contribution in [2.75, 3.05) is 6.54 Å². The summed E-state index contributed by atoms with van der Waals surface area (Å²) in [6.45, 7) is 0.306. The molecule has 7 nitrogen and oxygen atoms in total. The molecule has 0 unspecified atom stereocenters. The van der Waals surface area contributed by atoms with Gasteiger partial charge in [0.2, 0.25) is 5.91 Å². The maximum absolute atomic E-state index is 12.3. The Balaban J connectivity index is 1.43. The number of halogens is 1. The first-order valence-corrected chi connectivity index (χ1v) is 10.5. The number of aliphatic carboxylic acids is 1. The third-order valence-electron chi connectivity index (χ3n) is 5.15. The Morgan fingerprint density at radius 3 is 2.13 bits per heavy atom. The monoisotopic (exact) mass is 442 g/mol. The van der Waals surface area contributed by atoms with E-state index < -0.39 is 12.0 Å². The number of unbranched alkanes of at least 4 members (excludes halogenated alkanes) is 2. The highest BCUT2D eigenvalue weighted by Crippen LogP contribution is 2.23. The Morgan fingerprint density at radius 1 is 0.935 bits per heavy atom. The molecule has 1 atom stereocenters. The van der Waals surface area contributed by atoms with Crippen molar-refractivity contribution in [3.63, 3.8) is 0 Å². The number of fused-ring (bicyclic) bond motifs is 1. The molecule has 0 saturated heterocycles. The summed E-state index contributed by atoms with van der Waals surface area (Å²) in [7, 11) is 0. The van der Waals surface area contributed by atoms with Crippen molar-refractivity contribution in [2.45, 2.75) is 38.1 Å². The Labute approximate surface area is 185 Å². The second-order valence-electron chi connectivity index (χ2n) is 7.39. The normalized spacial score (nSPS) is 13.8. The molecule has 2 N–H and O–H groups in total. The van der Waals surface area contributed by atoms with Crippen LogP contribution in [0.1, 0.15) is 64.4 Å². The van der Waals surface area contributed by atoms with Crippen LogP contribution in [0.4, 0.5) is 0 Å². The highest BCUT2D eigenvalue weighted by atomic mass is 35.5. The molecule has 1 heterocycles. The molecule has 0 aliphatic carbocycles. The molecule has 0 radical (unpaired) electrons. The minimum atomic E-state index is -1.01. The Kier molecular flexibility index (Phi) is 7.41. The van der Waals surface area contributed by atoms with Gasteiger partial charge in [-0.25, -0.2) is 0 Å². The number of nitrogens with one attached hydrogen (secondary N) is 1. The van der Waals surface area contributed by atoms with Crippen LogP contribution >= 0.6 is 11.6 Å². The summed E-state index contributed by atoms with van der Waals surface area (Å²) in [6, 6.07) is 12.8. The first-order valence-electron chi connectivity index (χ1n) is 10.1. The molecule has 162 valence electrons. The third kappa shape index (κ3) is 5.70. The molecule has 1 aliphatic heterocycles. The molecule has 2 aromatic rings. The first kappa shape index (κ1) is 22.5. The van der Waals surface area contributed by atoms with Gasteiger partial charge in [0.15, 0.2) is 0 Å². The van der Waals surface area contributed by atoms with Crippen LogP contribution in [0.2, 0.25) is 5.02 Å². The summed E-state index contributed by atoms with van der Waals surface area (Å²) in [6.07, 6.45) is 1.81. The molecule has 0 saturated carbocycles. The minimum Gasteiger partial charge on any atom is -0.481 e. The Bertz CT molecular complexity index is 955. The lowest BCUT2D eigenvalue weighted by atomic mass is 10.0. The number of benzene rings is 2. The SMILES string of the molecule is O=C(O)C[C@@H](NC(=O)CCCCCN1C(=O)c2ccccc2C1=O)c1ccc(Cl)cc1. The summed E-state index contributed by atoms with van der Waals surface area (Å²) in [5.41, 5.74) is 1.53. The fourth-order valence-corrected chi connectivity index (χ4v) is 3.69. The van der Waals surface area contributed by atoms with Crippen molar-refractivity contribution >= 4 is 35.3 Å². The lowest BCUT2D eigenvalue weighted by molar-refractivity contribution is -0.137. The summed E-state index contributed by atoms with van der Waals surface area (Å²) >= 11 is 5.87. The predicted octanol–water partition coefficient (Wildman–Crippen LogP) is 3.83. The van der Waals surface area contributed by atoms with Crippen LogP contribution in [0.25, 0.3) is 0 Å². The molecule has 0 spiro atoms. The van der Waals surface area contributed by atoms with E-state index in [0.717, 1.165) is 0 Å². The number of hydrogen-bond acceptors (Lipinski definition) is 4. The van der Waals surface area contributed by atoms with E-state index in [2.05, 4.69) is 5.32 Å². The van der Waals surface area contributed by atoms with E-state index in [1.807, 2.05) is 0 Å². The number of hydrogen-bond donors (Lipinski definition) is 2. The van der Waals surface area contributed by atoms with Gasteiger partial charge in [0.1, 0.15) is 0 Å². The molecule has 31 heavy (non-hydrogen) atoms. The van der Waals surface area contributed by atoms with Crippen molar-refractivity contribution in [3.8, 4) is 0 Å². The van der Waals surface area contributed by atoms with Gasteiger partial charge in [-0.1, -0.05) is 42.3 Å². The number of amides is 3. The zero-order valence-electron chi connectivity index (χ0n) is 16.8. The van der Waals surface area contributed by atoms with Gasteiger partial charge in [-0.05, 0) is 42.7 Å². The third-order valence-corrected chi connectivity index (χ3v) is 5.40. The molecule has 0 fully saturated rings.